The molecule has 1 aromatic heterocycles. The van der Waals surface area contributed by atoms with Crippen LogP contribution in [0.15, 0.2) is 24.3 Å². The molecule has 0 aliphatic rings. The van der Waals surface area contributed by atoms with E-state index in [0.29, 0.717) is 35.9 Å². The van der Waals surface area contributed by atoms with Gasteiger partial charge in [0.15, 0.2) is 0 Å². The lowest BCUT2D eigenvalue weighted by atomic mass is 10.2. The zero-order chi connectivity index (χ0) is 15.2. The first kappa shape index (κ1) is 15.8. The van der Waals surface area contributed by atoms with Crippen molar-refractivity contribution in [1.82, 2.24) is 5.32 Å². The first-order chi connectivity index (χ1) is 10.1. The molecule has 0 aliphatic carbocycles. The normalized spacial score (nSPS) is 10.6. The van der Waals surface area contributed by atoms with Gasteiger partial charge in [0.1, 0.15) is 4.88 Å². The number of ether oxygens (including phenoxy) is 1. The quantitative estimate of drug-likeness (QED) is 0.652. The lowest BCUT2D eigenvalue weighted by Crippen LogP contribution is -2.24. The maximum absolute atomic E-state index is 12.1. The minimum absolute atomic E-state index is 0.204. The average molecular weight is 326 g/mol. The van der Waals surface area contributed by atoms with E-state index in [2.05, 4.69) is 5.32 Å². The van der Waals surface area contributed by atoms with Crippen LogP contribution in [0.4, 0.5) is 0 Å². The van der Waals surface area contributed by atoms with Crippen LogP contribution in [-0.2, 0) is 9.53 Å². The molecule has 2 rings (SSSR count). The van der Waals surface area contributed by atoms with Crippen molar-refractivity contribution in [2.24, 2.45) is 0 Å². The van der Waals surface area contributed by atoms with Crippen LogP contribution in [0.25, 0.3) is 10.1 Å². The highest BCUT2D eigenvalue weighted by Crippen LogP contribution is 2.34. The van der Waals surface area contributed by atoms with Gasteiger partial charge in [-0.25, -0.2) is 0 Å². The van der Waals surface area contributed by atoms with Gasteiger partial charge in [-0.2, -0.15) is 0 Å². The second-order valence-corrected chi connectivity index (χ2v) is 5.84. The first-order valence-corrected chi connectivity index (χ1v) is 7.93. The molecule has 4 nitrogen and oxygen atoms in total. The summed E-state index contributed by atoms with van der Waals surface area (Å²) in [6.45, 7) is 2.56. The minimum atomic E-state index is -0.244. The Bertz CT molecular complexity index is 653. The predicted molar refractivity (Wildman–Crippen MR) is 85.0 cm³/mol. The molecule has 0 radical (unpaired) electrons. The zero-order valence-corrected chi connectivity index (χ0v) is 13.2. The number of rotatable bonds is 6. The minimum Gasteiger partial charge on any atom is -0.466 e. The molecular weight excluding hydrogens is 310 g/mol. The highest BCUT2D eigenvalue weighted by Gasteiger charge is 2.16. The Morgan fingerprint density at radius 2 is 2.10 bits per heavy atom. The third-order valence-electron chi connectivity index (χ3n) is 2.89. The van der Waals surface area contributed by atoms with Crippen molar-refractivity contribution in [1.29, 1.82) is 0 Å². The number of hydrogen-bond donors (Lipinski definition) is 1. The SMILES string of the molecule is CCOC(=O)CCCNC(=O)c1sc2ccccc2c1Cl. The van der Waals surface area contributed by atoms with E-state index in [1.54, 1.807) is 6.92 Å². The summed E-state index contributed by atoms with van der Waals surface area (Å²) in [5.74, 6) is -0.447. The number of fused-ring (bicyclic) bond motifs is 1. The van der Waals surface area contributed by atoms with E-state index in [4.69, 9.17) is 16.3 Å². The summed E-state index contributed by atoms with van der Waals surface area (Å²) in [6.07, 6.45) is 0.849. The Balaban J connectivity index is 1.91. The molecule has 112 valence electrons. The molecule has 0 bridgehead atoms. The summed E-state index contributed by atoms with van der Waals surface area (Å²) >= 11 is 7.60. The molecule has 0 aliphatic heterocycles. The van der Waals surface area contributed by atoms with Gasteiger partial charge < -0.3 is 10.1 Å². The van der Waals surface area contributed by atoms with Crippen molar-refractivity contribution in [2.75, 3.05) is 13.2 Å². The number of carbonyl (C=O) groups is 2. The molecule has 0 spiro atoms. The smallest absolute Gasteiger partial charge is 0.305 e. The van der Waals surface area contributed by atoms with E-state index < -0.39 is 0 Å². The Hall–Kier alpha value is -1.59. The van der Waals surface area contributed by atoms with Crippen LogP contribution >= 0.6 is 22.9 Å². The van der Waals surface area contributed by atoms with Crippen LogP contribution in [0.1, 0.15) is 29.4 Å². The molecule has 0 saturated carbocycles. The van der Waals surface area contributed by atoms with Gasteiger partial charge in [0.05, 0.1) is 11.6 Å². The van der Waals surface area contributed by atoms with Crippen LogP contribution in [0, 0.1) is 0 Å². The van der Waals surface area contributed by atoms with Gasteiger partial charge in [-0.05, 0) is 19.4 Å². The maximum Gasteiger partial charge on any atom is 0.305 e. The van der Waals surface area contributed by atoms with Crippen molar-refractivity contribution >= 4 is 44.9 Å². The summed E-state index contributed by atoms with van der Waals surface area (Å²) in [5, 5.41) is 4.15. The molecule has 0 unspecified atom stereocenters. The van der Waals surface area contributed by atoms with Crippen molar-refractivity contribution < 1.29 is 14.3 Å². The van der Waals surface area contributed by atoms with E-state index in [9.17, 15) is 9.59 Å². The van der Waals surface area contributed by atoms with E-state index in [1.165, 1.54) is 11.3 Å². The summed E-state index contributed by atoms with van der Waals surface area (Å²) in [5.41, 5.74) is 0. The van der Waals surface area contributed by atoms with Crippen LogP contribution in [0.2, 0.25) is 5.02 Å². The Kier molecular flexibility index (Phi) is 5.59. The summed E-state index contributed by atoms with van der Waals surface area (Å²) in [4.78, 5) is 23.8. The van der Waals surface area contributed by atoms with E-state index in [0.717, 1.165) is 10.1 Å². The van der Waals surface area contributed by atoms with Crippen LogP contribution < -0.4 is 5.32 Å². The molecule has 1 N–H and O–H groups in total. The monoisotopic (exact) mass is 325 g/mol. The van der Waals surface area contributed by atoms with Gasteiger partial charge in [-0.3, -0.25) is 9.59 Å². The number of amides is 1. The van der Waals surface area contributed by atoms with Crippen molar-refractivity contribution in [3.8, 4) is 0 Å². The molecule has 1 amide bonds. The van der Waals surface area contributed by atoms with Gasteiger partial charge in [-0.1, -0.05) is 29.8 Å². The van der Waals surface area contributed by atoms with E-state index in [1.807, 2.05) is 24.3 Å². The second kappa shape index (κ2) is 7.43. The maximum atomic E-state index is 12.1. The third kappa shape index (κ3) is 3.95. The van der Waals surface area contributed by atoms with Gasteiger partial charge >= 0.3 is 5.97 Å². The predicted octanol–water partition coefficient (Wildman–Crippen LogP) is 3.63. The fourth-order valence-electron chi connectivity index (χ4n) is 1.91. The number of nitrogens with one attached hydrogen (secondary N) is 1. The standard InChI is InChI=1S/C15H16ClNO3S/c1-2-20-12(18)8-5-9-17-15(19)14-13(16)10-6-3-4-7-11(10)21-14/h3-4,6-7H,2,5,8-9H2,1H3,(H,17,19). The van der Waals surface area contributed by atoms with E-state index in [-0.39, 0.29) is 11.9 Å². The summed E-state index contributed by atoms with van der Waals surface area (Å²) in [7, 11) is 0. The van der Waals surface area contributed by atoms with Crippen LogP contribution in [0.5, 0.6) is 0 Å². The summed E-state index contributed by atoms with van der Waals surface area (Å²) < 4.78 is 5.81. The van der Waals surface area contributed by atoms with Gasteiger partial charge in [0.25, 0.3) is 5.91 Å². The number of carbonyl (C=O) groups excluding carboxylic acids is 2. The van der Waals surface area contributed by atoms with Crippen molar-refractivity contribution in [3.63, 3.8) is 0 Å². The molecular formula is C15H16ClNO3S. The number of hydrogen-bond acceptors (Lipinski definition) is 4. The van der Waals surface area contributed by atoms with Crippen molar-refractivity contribution in [3.05, 3.63) is 34.2 Å². The number of benzene rings is 1. The molecule has 0 atom stereocenters. The molecule has 1 aromatic carbocycles. The average Bonchev–Trinajstić information content (AvgIpc) is 2.81. The number of thiophene rings is 1. The second-order valence-electron chi connectivity index (χ2n) is 4.41. The summed E-state index contributed by atoms with van der Waals surface area (Å²) in [6, 6.07) is 7.63. The highest BCUT2D eigenvalue weighted by atomic mass is 35.5. The largest absolute Gasteiger partial charge is 0.466 e. The van der Waals surface area contributed by atoms with Gasteiger partial charge in [0, 0.05) is 23.1 Å². The van der Waals surface area contributed by atoms with Gasteiger partial charge in [0.2, 0.25) is 0 Å². The fourth-order valence-corrected chi connectivity index (χ4v) is 3.34. The molecule has 6 heteroatoms. The lowest BCUT2D eigenvalue weighted by molar-refractivity contribution is -0.143. The van der Waals surface area contributed by atoms with Gasteiger partial charge in [-0.15, -0.1) is 11.3 Å². The lowest BCUT2D eigenvalue weighted by Gasteiger charge is -2.04. The topological polar surface area (TPSA) is 55.4 Å². The Morgan fingerprint density at radius 3 is 2.81 bits per heavy atom. The van der Waals surface area contributed by atoms with Crippen LogP contribution in [-0.4, -0.2) is 25.0 Å². The molecule has 1 heterocycles. The number of halogens is 1. The molecule has 0 fully saturated rings. The zero-order valence-electron chi connectivity index (χ0n) is 11.6. The van der Waals surface area contributed by atoms with Crippen LogP contribution in [0.3, 0.4) is 0 Å². The van der Waals surface area contributed by atoms with Crippen molar-refractivity contribution in [2.45, 2.75) is 19.8 Å². The highest BCUT2D eigenvalue weighted by molar-refractivity contribution is 7.21. The Morgan fingerprint density at radius 1 is 1.33 bits per heavy atom. The first-order valence-electron chi connectivity index (χ1n) is 6.74. The number of esters is 1. The third-order valence-corrected chi connectivity index (χ3v) is 4.56. The molecule has 0 saturated heterocycles. The van der Waals surface area contributed by atoms with E-state index >= 15 is 0 Å². The Labute approximate surface area is 132 Å². The molecule has 21 heavy (non-hydrogen) atoms. The fraction of sp³-hybridized carbons (Fsp3) is 0.333. The molecule has 2 aromatic rings.